The van der Waals surface area contributed by atoms with Gasteiger partial charge in [-0.15, -0.1) is 0 Å². The summed E-state index contributed by atoms with van der Waals surface area (Å²) in [5, 5.41) is 3.19. The molecule has 5 nitrogen and oxygen atoms in total. The summed E-state index contributed by atoms with van der Waals surface area (Å²) in [6.07, 6.45) is 0.178. The monoisotopic (exact) mass is 333 g/mol. The lowest BCUT2D eigenvalue weighted by atomic mass is 10.2. The Kier molecular flexibility index (Phi) is 4.71. The van der Waals surface area contributed by atoms with Crippen LogP contribution in [-0.4, -0.2) is 30.6 Å². The molecule has 2 aromatic rings. The lowest BCUT2D eigenvalue weighted by molar-refractivity contribution is -0.117. The molecule has 24 heavy (non-hydrogen) atoms. The minimum Gasteiger partial charge on any atom is -0.481 e. The molecule has 0 aliphatic carbocycles. The summed E-state index contributed by atoms with van der Waals surface area (Å²) < 4.78 is 32.8. The van der Waals surface area contributed by atoms with Crippen molar-refractivity contribution in [1.82, 2.24) is 10.3 Å². The van der Waals surface area contributed by atoms with Gasteiger partial charge < -0.3 is 15.0 Å². The van der Waals surface area contributed by atoms with Crippen LogP contribution in [0.5, 0.6) is 5.88 Å². The number of hydrogen-bond donors (Lipinski definition) is 1. The second-order valence-corrected chi connectivity index (χ2v) is 5.53. The Labute approximate surface area is 138 Å². The highest BCUT2D eigenvalue weighted by Gasteiger charge is 2.33. The fraction of sp³-hybridized carbons (Fsp3) is 0.294. The Morgan fingerprint density at radius 3 is 2.67 bits per heavy atom. The molecule has 0 bridgehead atoms. The normalized spacial score (nSPS) is 17.4. The van der Waals surface area contributed by atoms with Crippen LogP contribution in [0.4, 0.5) is 14.5 Å². The molecule has 0 unspecified atom stereocenters. The number of nitrogens with one attached hydrogen (secondary N) is 1. The fourth-order valence-electron chi connectivity index (χ4n) is 2.73. The van der Waals surface area contributed by atoms with Gasteiger partial charge in [-0.3, -0.25) is 4.79 Å². The van der Waals surface area contributed by atoms with Gasteiger partial charge in [0.25, 0.3) is 0 Å². The number of nitrogens with zero attached hydrogens (tertiary/aromatic N) is 2. The van der Waals surface area contributed by atoms with Crippen LogP contribution in [0.2, 0.25) is 0 Å². The van der Waals surface area contributed by atoms with Crippen molar-refractivity contribution >= 4 is 11.6 Å². The predicted molar refractivity (Wildman–Crippen MR) is 84.7 cm³/mol. The van der Waals surface area contributed by atoms with Crippen LogP contribution in [0.3, 0.4) is 0 Å². The van der Waals surface area contributed by atoms with Crippen molar-refractivity contribution < 1.29 is 18.3 Å². The molecule has 0 radical (unpaired) electrons. The summed E-state index contributed by atoms with van der Waals surface area (Å²) in [5.74, 6) is -1.28. The van der Waals surface area contributed by atoms with Crippen LogP contribution >= 0.6 is 0 Å². The first-order valence-electron chi connectivity index (χ1n) is 7.56. The summed E-state index contributed by atoms with van der Waals surface area (Å²) in [5.41, 5.74) is 0.476. The zero-order chi connectivity index (χ0) is 17.1. The van der Waals surface area contributed by atoms with Crippen molar-refractivity contribution in [3.05, 3.63) is 53.7 Å². The van der Waals surface area contributed by atoms with Crippen molar-refractivity contribution in [2.45, 2.75) is 19.0 Å². The Morgan fingerprint density at radius 2 is 1.96 bits per heavy atom. The van der Waals surface area contributed by atoms with Crippen LogP contribution < -0.4 is 15.0 Å². The van der Waals surface area contributed by atoms with Gasteiger partial charge >= 0.3 is 0 Å². The number of hydrogen-bond acceptors (Lipinski definition) is 4. The van der Waals surface area contributed by atoms with E-state index in [1.165, 1.54) is 13.2 Å². The summed E-state index contributed by atoms with van der Waals surface area (Å²) in [4.78, 5) is 17.5. The Morgan fingerprint density at radius 1 is 1.25 bits per heavy atom. The lowest BCUT2D eigenvalue weighted by Gasteiger charge is -2.18. The Hall–Kier alpha value is -2.54. The van der Waals surface area contributed by atoms with Crippen molar-refractivity contribution in [3.63, 3.8) is 0 Å². The number of pyridine rings is 1. The number of halogens is 2. The predicted octanol–water partition coefficient (Wildman–Crippen LogP) is 2.26. The van der Waals surface area contributed by atoms with Gasteiger partial charge in [-0.2, -0.15) is 0 Å². The van der Waals surface area contributed by atoms with E-state index in [4.69, 9.17) is 4.74 Å². The van der Waals surface area contributed by atoms with E-state index >= 15 is 0 Å². The molecule has 1 atom stereocenters. The van der Waals surface area contributed by atoms with E-state index in [0.29, 0.717) is 12.4 Å². The molecule has 1 N–H and O–H groups in total. The highest BCUT2D eigenvalue weighted by atomic mass is 19.1. The van der Waals surface area contributed by atoms with Gasteiger partial charge in [0.05, 0.1) is 12.8 Å². The number of anilines is 1. The molecule has 2 heterocycles. The second kappa shape index (κ2) is 6.92. The molecule has 1 aliphatic rings. The first-order chi connectivity index (χ1) is 11.6. The SMILES string of the molecule is COc1cccc(CN[C@H]2CC(=O)N(c3c(F)cccc3F)C2)n1. The molecule has 0 saturated carbocycles. The van der Waals surface area contributed by atoms with Crippen molar-refractivity contribution in [2.75, 3.05) is 18.6 Å². The number of amides is 1. The first-order valence-corrected chi connectivity index (χ1v) is 7.56. The Bertz CT molecular complexity index is 734. The third-order valence-electron chi connectivity index (χ3n) is 3.89. The van der Waals surface area contributed by atoms with Crippen LogP contribution in [0, 0.1) is 11.6 Å². The van der Waals surface area contributed by atoms with Crippen LogP contribution in [0.1, 0.15) is 12.1 Å². The van der Waals surface area contributed by atoms with Gasteiger partial charge in [-0.1, -0.05) is 12.1 Å². The zero-order valence-electron chi connectivity index (χ0n) is 13.1. The van der Waals surface area contributed by atoms with Gasteiger partial charge in [0.1, 0.15) is 17.3 Å². The Balaban J connectivity index is 1.66. The van der Waals surface area contributed by atoms with Gasteiger partial charge in [0, 0.05) is 31.6 Å². The quantitative estimate of drug-likeness (QED) is 0.912. The van der Waals surface area contributed by atoms with Gasteiger partial charge in [-0.25, -0.2) is 13.8 Å². The summed E-state index contributed by atoms with van der Waals surface area (Å²) in [7, 11) is 1.54. The topological polar surface area (TPSA) is 54.5 Å². The second-order valence-electron chi connectivity index (χ2n) is 5.53. The van der Waals surface area contributed by atoms with E-state index in [2.05, 4.69) is 10.3 Å². The number of ether oxygens (including phenoxy) is 1. The maximum Gasteiger partial charge on any atom is 0.228 e. The molecule has 1 fully saturated rings. The zero-order valence-corrected chi connectivity index (χ0v) is 13.1. The maximum atomic E-state index is 13.9. The van der Waals surface area contributed by atoms with Crippen LogP contribution in [0.25, 0.3) is 0 Å². The van der Waals surface area contributed by atoms with Crippen molar-refractivity contribution in [2.24, 2.45) is 0 Å². The van der Waals surface area contributed by atoms with Gasteiger partial charge in [0.2, 0.25) is 11.8 Å². The number of para-hydroxylation sites is 1. The fourth-order valence-corrected chi connectivity index (χ4v) is 2.73. The van der Waals surface area contributed by atoms with Gasteiger partial charge in [-0.05, 0) is 18.2 Å². The number of aromatic nitrogens is 1. The van der Waals surface area contributed by atoms with Crippen LogP contribution in [0.15, 0.2) is 36.4 Å². The number of carbonyl (C=O) groups is 1. The number of benzene rings is 1. The van der Waals surface area contributed by atoms with Crippen molar-refractivity contribution in [1.29, 1.82) is 0 Å². The lowest BCUT2D eigenvalue weighted by Crippen LogP contribution is -2.33. The average molecular weight is 333 g/mol. The highest BCUT2D eigenvalue weighted by molar-refractivity contribution is 5.96. The summed E-state index contributed by atoms with van der Waals surface area (Å²) in [6, 6.07) is 8.76. The van der Waals surface area contributed by atoms with E-state index in [1.54, 1.807) is 6.07 Å². The largest absolute Gasteiger partial charge is 0.481 e. The molecule has 0 spiro atoms. The molecular formula is C17H17F2N3O2. The van der Waals surface area contributed by atoms with Gasteiger partial charge in [0.15, 0.2) is 0 Å². The number of methoxy groups -OCH3 is 1. The smallest absolute Gasteiger partial charge is 0.228 e. The molecular weight excluding hydrogens is 316 g/mol. The molecule has 1 amide bonds. The third-order valence-corrected chi connectivity index (χ3v) is 3.89. The summed E-state index contributed by atoms with van der Waals surface area (Å²) in [6.45, 7) is 0.642. The van der Waals surface area contributed by atoms with Crippen molar-refractivity contribution in [3.8, 4) is 5.88 Å². The molecule has 1 saturated heterocycles. The summed E-state index contributed by atoms with van der Waals surface area (Å²) >= 11 is 0. The number of rotatable bonds is 5. The minimum atomic E-state index is -0.738. The molecule has 1 aromatic heterocycles. The molecule has 7 heteroatoms. The third kappa shape index (κ3) is 3.35. The standard InChI is InChI=1S/C17H17F2N3O2/c1-24-15-7-2-4-11(21-15)9-20-12-8-16(23)22(10-12)17-13(18)5-3-6-14(17)19/h2-7,12,20H,8-10H2,1H3/t12-/m0/s1. The molecule has 3 rings (SSSR count). The molecule has 1 aromatic carbocycles. The molecule has 1 aliphatic heterocycles. The first kappa shape index (κ1) is 16.3. The number of carbonyl (C=O) groups excluding carboxylic acids is 1. The van der Waals surface area contributed by atoms with Crippen LogP contribution in [-0.2, 0) is 11.3 Å². The van der Waals surface area contributed by atoms with E-state index < -0.39 is 11.6 Å². The molecule has 126 valence electrons. The minimum absolute atomic E-state index is 0.178. The average Bonchev–Trinajstić information content (AvgIpc) is 2.94. The van der Waals surface area contributed by atoms with E-state index in [0.717, 1.165) is 22.7 Å². The van der Waals surface area contributed by atoms with E-state index in [1.807, 2.05) is 12.1 Å². The highest BCUT2D eigenvalue weighted by Crippen LogP contribution is 2.27. The van der Waals surface area contributed by atoms with E-state index in [-0.39, 0.29) is 30.6 Å². The van der Waals surface area contributed by atoms with E-state index in [9.17, 15) is 13.6 Å². The maximum absolute atomic E-state index is 13.9.